The minimum absolute atomic E-state index is 0. The van der Waals surface area contributed by atoms with Gasteiger partial charge in [0.25, 0.3) is 5.91 Å². The van der Waals surface area contributed by atoms with E-state index < -0.39 is 12.2 Å². The fraction of sp³-hybridized carbons (Fsp3) is 0.533. The highest BCUT2D eigenvalue weighted by atomic mass is 35.5. The molecule has 3 atom stereocenters. The molecule has 0 spiro atoms. The second kappa shape index (κ2) is 8.58. The number of hydrogen-bond acceptors (Lipinski definition) is 4. The standard InChI is InChI=1S/C15H21ClN2O3.ClH/c1-9-5-12(16)3-4-14(9)21-10(2)15(20)18-7-11-6-17-8-13(11)19;/h3-5,10-11,13,17,19H,6-8H2,1-2H3,(H,18,20);1H. The fourth-order valence-corrected chi connectivity index (χ4v) is 2.52. The maximum atomic E-state index is 12.0. The van der Waals surface area contributed by atoms with E-state index in [0.29, 0.717) is 30.4 Å². The summed E-state index contributed by atoms with van der Waals surface area (Å²) in [6.45, 7) is 5.32. The Labute approximate surface area is 141 Å². The lowest BCUT2D eigenvalue weighted by Gasteiger charge is -2.19. The van der Waals surface area contributed by atoms with Gasteiger partial charge in [0.1, 0.15) is 5.75 Å². The molecule has 124 valence electrons. The van der Waals surface area contributed by atoms with Gasteiger partial charge >= 0.3 is 0 Å². The van der Waals surface area contributed by atoms with Gasteiger partial charge in [-0.15, -0.1) is 12.4 Å². The summed E-state index contributed by atoms with van der Waals surface area (Å²) in [6.07, 6.45) is -1.00. The molecule has 3 unspecified atom stereocenters. The monoisotopic (exact) mass is 348 g/mol. The molecule has 22 heavy (non-hydrogen) atoms. The van der Waals surface area contributed by atoms with Crippen LogP contribution >= 0.6 is 24.0 Å². The number of ether oxygens (including phenoxy) is 1. The molecule has 0 aliphatic carbocycles. The first-order valence-electron chi connectivity index (χ1n) is 7.06. The molecule has 1 amide bonds. The average molecular weight is 349 g/mol. The number of aliphatic hydroxyl groups is 1. The Hall–Kier alpha value is -1.01. The number of benzene rings is 1. The van der Waals surface area contributed by atoms with Crippen molar-refractivity contribution in [1.29, 1.82) is 0 Å². The second-order valence-corrected chi connectivity index (χ2v) is 5.84. The maximum Gasteiger partial charge on any atom is 0.260 e. The van der Waals surface area contributed by atoms with Gasteiger partial charge in [0.2, 0.25) is 0 Å². The van der Waals surface area contributed by atoms with E-state index in [1.54, 1.807) is 25.1 Å². The Morgan fingerprint density at radius 2 is 2.27 bits per heavy atom. The van der Waals surface area contributed by atoms with E-state index in [0.717, 1.165) is 5.56 Å². The van der Waals surface area contributed by atoms with E-state index >= 15 is 0 Å². The third-order valence-corrected chi connectivity index (χ3v) is 3.89. The summed E-state index contributed by atoms with van der Waals surface area (Å²) in [5, 5.41) is 16.2. The van der Waals surface area contributed by atoms with Crippen molar-refractivity contribution < 1.29 is 14.6 Å². The first-order valence-corrected chi connectivity index (χ1v) is 7.44. The molecule has 0 bridgehead atoms. The number of aliphatic hydroxyl groups excluding tert-OH is 1. The van der Waals surface area contributed by atoms with Crippen LogP contribution in [-0.4, -0.2) is 42.9 Å². The van der Waals surface area contributed by atoms with Crippen LogP contribution in [0.15, 0.2) is 18.2 Å². The number of nitrogens with one attached hydrogen (secondary N) is 2. The first kappa shape index (κ1) is 19.0. The van der Waals surface area contributed by atoms with Gasteiger partial charge in [0.05, 0.1) is 6.10 Å². The Morgan fingerprint density at radius 1 is 1.55 bits per heavy atom. The zero-order valence-electron chi connectivity index (χ0n) is 12.6. The van der Waals surface area contributed by atoms with E-state index in [4.69, 9.17) is 16.3 Å². The number of carbonyl (C=O) groups is 1. The number of amides is 1. The van der Waals surface area contributed by atoms with Crippen LogP contribution in [0.4, 0.5) is 0 Å². The molecule has 1 heterocycles. The van der Waals surface area contributed by atoms with Gasteiger partial charge in [-0.1, -0.05) is 11.6 Å². The normalized spacial score (nSPS) is 21.8. The molecule has 7 heteroatoms. The van der Waals surface area contributed by atoms with Crippen LogP contribution in [0.1, 0.15) is 12.5 Å². The van der Waals surface area contributed by atoms with Crippen molar-refractivity contribution in [2.24, 2.45) is 5.92 Å². The van der Waals surface area contributed by atoms with E-state index in [2.05, 4.69) is 10.6 Å². The molecule has 0 aromatic heterocycles. The van der Waals surface area contributed by atoms with Gasteiger partial charge < -0.3 is 20.5 Å². The van der Waals surface area contributed by atoms with Crippen molar-refractivity contribution in [3.8, 4) is 5.75 Å². The fourth-order valence-electron chi connectivity index (χ4n) is 2.29. The molecule has 1 aliphatic heterocycles. The van der Waals surface area contributed by atoms with Crippen LogP contribution < -0.4 is 15.4 Å². The predicted octanol–water partition coefficient (Wildman–Crippen LogP) is 1.53. The molecule has 1 aromatic rings. The third kappa shape index (κ3) is 5.02. The van der Waals surface area contributed by atoms with Gasteiger partial charge in [-0.05, 0) is 37.6 Å². The highest BCUT2D eigenvalue weighted by Crippen LogP contribution is 2.22. The average Bonchev–Trinajstić information content (AvgIpc) is 2.84. The van der Waals surface area contributed by atoms with Crippen LogP contribution in [0.25, 0.3) is 0 Å². The number of rotatable bonds is 5. The van der Waals surface area contributed by atoms with Gasteiger partial charge in [0.15, 0.2) is 6.10 Å². The van der Waals surface area contributed by atoms with Gasteiger partial charge in [0, 0.05) is 30.6 Å². The maximum absolute atomic E-state index is 12.0. The summed E-state index contributed by atoms with van der Waals surface area (Å²) in [6, 6.07) is 5.28. The second-order valence-electron chi connectivity index (χ2n) is 5.40. The molecule has 5 nitrogen and oxygen atoms in total. The third-order valence-electron chi connectivity index (χ3n) is 3.65. The summed E-state index contributed by atoms with van der Waals surface area (Å²) in [5.74, 6) is 0.506. The molecule has 2 rings (SSSR count). The Bertz CT molecular complexity index is 514. The van der Waals surface area contributed by atoms with Crippen LogP contribution in [0, 0.1) is 12.8 Å². The summed E-state index contributed by atoms with van der Waals surface area (Å²) in [7, 11) is 0. The van der Waals surface area contributed by atoms with E-state index in [9.17, 15) is 9.90 Å². The van der Waals surface area contributed by atoms with Gasteiger partial charge in [-0.25, -0.2) is 0 Å². The lowest BCUT2D eigenvalue weighted by Crippen LogP contribution is -2.41. The highest BCUT2D eigenvalue weighted by Gasteiger charge is 2.26. The van der Waals surface area contributed by atoms with Crippen molar-refractivity contribution in [2.75, 3.05) is 19.6 Å². The minimum Gasteiger partial charge on any atom is -0.481 e. The largest absolute Gasteiger partial charge is 0.481 e. The molecular weight excluding hydrogens is 327 g/mol. The minimum atomic E-state index is -0.601. The summed E-state index contributed by atoms with van der Waals surface area (Å²) in [5.41, 5.74) is 0.887. The topological polar surface area (TPSA) is 70.6 Å². The number of carbonyl (C=O) groups excluding carboxylic acids is 1. The van der Waals surface area contributed by atoms with Crippen LogP contribution in [-0.2, 0) is 4.79 Å². The lowest BCUT2D eigenvalue weighted by molar-refractivity contribution is -0.127. The first-order chi connectivity index (χ1) is 9.97. The SMILES string of the molecule is Cc1cc(Cl)ccc1OC(C)C(=O)NCC1CNCC1O.Cl. The van der Waals surface area contributed by atoms with Gasteiger partial charge in [-0.2, -0.15) is 0 Å². The zero-order valence-corrected chi connectivity index (χ0v) is 14.2. The Kier molecular flexibility index (Phi) is 7.42. The molecule has 1 saturated heterocycles. The molecule has 3 N–H and O–H groups in total. The lowest BCUT2D eigenvalue weighted by atomic mass is 10.1. The van der Waals surface area contributed by atoms with Crippen molar-refractivity contribution in [1.82, 2.24) is 10.6 Å². The predicted molar refractivity (Wildman–Crippen MR) is 88.9 cm³/mol. The summed E-state index contributed by atoms with van der Waals surface area (Å²) >= 11 is 5.89. The van der Waals surface area contributed by atoms with Crippen LogP contribution in [0.3, 0.4) is 0 Å². The molecule has 0 radical (unpaired) electrons. The van der Waals surface area contributed by atoms with E-state index in [1.165, 1.54) is 0 Å². The Morgan fingerprint density at radius 3 is 2.86 bits per heavy atom. The molecule has 0 saturated carbocycles. The molecule has 1 aromatic carbocycles. The van der Waals surface area contributed by atoms with E-state index in [-0.39, 0.29) is 24.2 Å². The van der Waals surface area contributed by atoms with Crippen LogP contribution in [0.2, 0.25) is 5.02 Å². The summed E-state index contributed by atoms with van der Waals surface area (Å²) < 4.78 is 5.66. The Balaban J connectivity index is 0.00000242. The molecular formula is C15H22Cl2N2O3. The number of hydrogen-bond donors (Lipinski definition) is 3. The highest BCUT2D eigenvalue weighted by molar-refractivity contribution is 6.30. The van der Waals surface area contributed by atoms with Gasteiger partial charge in [-0.3, -0.25) is 4.79 Å². The number of β-amino-alcohol motifs (C(OH)–C–C–N with tert-alkyl or cyclic N) is 1. The van der Waals surface area contributed by atoms with Crippen molar-refractivity contribution in [2.45, 2.75) is 26.1 Å². The summed E-state index contributed by atoms with van der Waals surface area (Å²) in [4.78, 5) is 12.0. The van der Waals surface area contributed by atoms with E-state index in [1.807, 2.05) is 6.92 Å². The number of halogens is 2. The quantitative estimate of drug-likeness (QED) is 0.754. The van der Waals surface area contributed by atoms with Crippen molar-refractivity contribution >= 4 is 29.9 Å². The molecule has 1 fully saturated rings. The molecule has 1 aliphatic rings. The number of aryl methyl sites for hydroxylation is 1. The van der Waals surface area contributed by atoms with Crippen LogP contribution in [0.5, 0.6) is 5.75 Å². The smallest absolute Gasteiger partial charge is 0.260 e. The zero-order chi connectivity index (χ0) is 15.4. The van der Waals surface area contributed by atoms with Crippen molar-refractivity contribution in [3.05, 3.63) is 28.8 Å². The van der Waals surface area contributed by atoms with Crippen molar-refractivity contribution in [3.63, 3.8) is 0 Å².